The average Bonchev–Trinajstić information content (AvgIpc) is 3.15. The van der Waals surface area contributed by atoms with Crippen LogP contribution >= 0.6 is 11.3 Å². The van der Waals surface area contributed by atoms with Gasteiger partial charge in [-0.2, -0.15) is 4.31 Å². The van der Waals surface area contributed by atoms with Gasteiger partial charge in [-0.3, -0.25) is 4.79 Å². The largest absolute Gasteiger partial charge is 0.348 e. The summed E-state index contributed by atoms with van der Waals surface area (Å²) in [5, 5.41) is 5.01. The van der Waals surface area contributed by atoms with Crippen molar-refractivity contribution < 1.29 is 13.2 Å². The molecule has 5 nitrogen and oxygen atoms in total. The Kier molecular flexibility index (Phi) is 4.60. The zero-order chi connectivity index (χ0) is 18.6. The van der Waals surface area contributed by atoms with Crippen molar-refractivity contribution in [3.63, 3.8) is 0 Å². The van der Waals surface area contributed by atoms with Crippen LogP contribution < -0.4 is 5.32 Å². The Labute approximate surface area is 165 Å². The van der Waals surface area contributed by atoms with Gasteiger partial charge in [0.2, 0.25) is 10.0 Å². The molecule has 5 aliphatic rings. The number of hydrogen-bond donors (Lipinski definition) is 1. The van der Waals surface area contributed by atoms with Crippen LogP contribution in [0.25, 0.3) is 0 Å². The van der Waals surface area contributed by atoms with Gasteiger partial charge in [-0.15, -0.1) is 11.3 Å². The highest BCUT2D eigenvalue weighted by Gasteiger charge is 2.49. The summed E-state index contributed by atoms with van der Waals surface area (Å²) in [5.41, 5.74) is 0. The molecule has 1 aromatic rings. The number of nitrogens with zero attached hydrogens (tertiary/aromatic N) is 1. The molecule has 4 bridgehead atoms. The van der Waals surface area contributed by atoms with Crippen molar-refractivity contribution in [2.75, 3.05) is 13.1 Å². The van der Waals surface area contributed by atoms with Crippen molar-refractivity contribution in [1.82, 2.24) is 9.62 Å². The maximum Gasteiger partial charge on any atom is 0.262 e. The quantitative estimate of drug-likeness (QED) is 0.829. The summed E-state index contributed by atoms with van der Waals surface area (Å²) in [7, 11) is -3.57. The molecule has 4 saturated carbocycles. The van der Waals surface area contributed by atoms with E-state index in [1.54, 1.807) is 15.8 Å². The number of nitrogens with one attached hydrogen (secondary N) is 1. The zero-order valence-electron chi connectivity index (χ0n) is 15.6. The SMILES string of the molecule is O=C(NC1C2CC3CC(C2)CC1C3)c1sccc1S(=O)(=O)N1CCCCC1. The van der Waals surface area contributed by atoms with E-state index in [1.165, 1.54) is 43.4 Å². The van der Waals surface area contributed by atoms with Gasteiger partial charge in [0, 0.05) is 19.1 Å². The minimum absolute atomic E-state index is 0.182. The van der Waals surface area contributed by atoms with Gasteiger partial charge in [0.1, 0.15) is 9.77 Å². The van der Waals surface area contributed by atoms with E-state index in [4.69, 9.17) is 0 Å². The van der Waals surface area contributed by atoms with Crippen molar-refractivity contribution in [2.24, 2.45) is 23.7 Å². The number of carbonyl (C=O) groups excluding carboxylic acids is 1. The van der Waals surface area contributed by atoms with Crippen molar-refractivity contribution in [3.05, 3.63) is 16.3 Å². The van der Waals surface area contributed by atoms with Crippen LogP contribution in [-0.2, 0) is 10.0 Å². The van der Waals surface area contributed by atoms with Crippen molar-refractivity contribution >= 4 is 27.3 Å². The summed E-state index contributed by atoms with van der Waals surface area (Å²) >= 11 is 1.26. The number of amides is 1. The summed E-state index contributed by atoms with van der Waals surface area (Å²) in [6, 6.07) is 1.85. The molecule has 148 valence electrons. The van der Waals surface area contributed by atoms with Gasteiger partial charge >= 0.3 is 0 Å². The van der Waals surface area contributed by atoms with Crippen LogP contribution in [0.3, 0.4) is 0 Å². The minimum atomic E-state index is -3.57. The Bertz CT molecular complexity index is 798. The van der Waals surface area contributed by atoms with Gasteiger partial charge in [-0.25, -0.2) is 8.42 Å². The van der Waals surface area contributed by atoms with Gasteiger partial charge < -0.3 is 5.32 Å². The summed E-state index contributed by atoms with van der Waals surface area (Å²) in [6.07, 6.45) is 9.22. The first kappa shape index (κ1) is 18.1. The lowest BCUT2D eigenvalue weighted by molar-refractivity contribution is -0.0119. The topological polar surface area (TPSA) is 66.5 Å². The van der Waals surface area contributed by atoms with Gasteiger partial charge in [-0.05, 0) is 80.1 Å². The van der Waals surface area contributed by atoms with E-state index in [9.17, 15) is 13.2 Å². The Balaban J connectivity index is 1.35. The van der Waals surface area contributed by atoms with Crippen LogP contribution in [0, 0.1) is 23.7 Å². The normalized spacial score (nSPS) is 36.1. The molecule has 27 heavy (non-hydrogen) atoms. The first-order chi connectivity index (χ1) is 13.0. The van der Waals surface area contributed by atoms with E-state index in [-0.39, 0.29) is 16.8 Å². The molecule has 1 saturated heterocycles. The van der Waals surface area contributed by atoms with E-state index < -0.39 is 10.0 Å². The van der Waals surface area contributed by atoms with E-state index in [2.05, 4.69) is 5.32 Å². The number of rotatable bonds is 4. The predicted octanol–water partition coefficient (Wildman–Crippen LogP) is 3.48. The number of sulfonamides is 1. The van der Waals surface area contributed by atoms with Crippen molar-refractivity contribution in [1.29, 1.82) is 0 Å². The molecular formula is C20H28N2O3S2. The minimum Gasteiger partial charge on any atom is -0.348 e. The van der Waals surface area contributed by atoms with E-state index in [0.717, 1.165) is 31.1 Å². The monoisotopic (exact) mass is 408 g/mol. The molecule has 5 fully saturated rings. The second-order valence-electron chi connectivity index (χ2n) is 9.01. The van der Waals surface area contributed by atoms with E-state index >= 15 is 0 Å². The van der Waals surface area contributed by atoms with Crippen LogP contribution in [0.1, 0.15) is 61.0 Å². The average molecular weight is 409 g/mol. The molecule has 0 atom stereocenters. The third-order valence-corrected chi connectivity index (χ3v) is 10.3. The Hall–Kier alpha value is -0.920. The fourth-order valence-electron chi connectivity index (χ4n) is 6.29. The summed E-state index contributed by atoms with van der Waals surface area (Å²) in [5.74, 6) is 2.72. The third kappa shape index (κ3) is 3.15. The molecule has 7 heteroatoms. The van der Waals surface area contributed by atoms with Crippen LogP contribution in [-0.4, -0.2) is 37.8 Å². The lowest BCUT2D eigenvalue weighted by Gasteiger charge is -2.54. The lowest BCUT2D eigenvalue weighted by Crippen LogP contribution is -2.55. The molecule has 0 aromatic carbocycles. The first-order valence-corrected chi connectivity index (χ1v) is 12.7. The Morgan fingerprint density at radius 2 is 1.63 bits per heavy atom. The summed E-state index contributed by atoms with van der Waals surface area (Å²) in [6.45, 7) is 1.13. The second kappa shape index (κ2) is 6.85. The lowest BCUT2D eigenvalue weighted by atomic mass is 9.54. The number of thiophene rings is 1. The highest BCUT2D eigenvalue weighted by molar-refractivity contribution is 7.89. The maximum absolute atomic E-state index is 13.1. The van der Waals surface area contributed by atoms with Crippen molar-refractivity contribution in [2.45, 2.75) is 62.3 Å². The first-order valence-electron chi connectivity index (χ1n) is 10.4. The highest BCUT2D eigenvalue weighted by atomic mass is 32.2. The van der Waals surface area contributed by atoms with Crippen LogP contribution in [0.5, 0.6) is 0 Å². The summed E-state index contributed by atoms with van der Waals surface area (Å²) in [4.78, 5) is 13.6. The molecule has 0 radical (unpaired) electrons. The molecule has 6 rings (SSSR count). The second-order valence-corrected chi connectivity index (χ2v) is 11.8. The molecule has 0 spiro atoms. The standard InChI is InChI=1S/C20H28N2O3S2/c23-20(21-18-15-9-13-8-14(11-15)12-16(18)10-13)19-17(4-7-26-19)27(24,25)22-5-2-1-3-6-22/h4,7,13-16,18H,1-3,5-6,8-12H2,(H,21,23). The molecule has 1 aromatic heterocycles. The molecule has 1 N–H and O–H groups in total. The molecule has 4 aliphatic carbocycles. The molecule has 1 amide bonds. The smallest absolute Gasteiger partial charge is 0.262 e. The number of hydrogen-bond acceptors (Lipinski definition) is 4. The predicted molar refractivity (Wildman–Crippen MR) is 105 cm³/mol. The zero-order valence-corrected chi connectivity index (χ0v) is 17.2. The van der Waals surface area contributed by atoms with Gasteiger partial charge in [-0.1, -0.05) is 6.42 Å². The molecule has 0 unspecified atom stereocenters. The fraction of sp³-hybridized carbons (Fsp3) is 0.750. The molecule has 2 heterocycles. The Morgan fingerprint density at radius 3 is 2.26 bits per heavy atom. The van der Waals surface area contributed by atoms with Crippen LogP contribution in [0.4, 0.5) is 0 Å². The Morgan fingerprint density at radius 1 is 1.00 bits per heavy atom. The summed E-state index contributed by atoms with van der Waals surface area (Å²) < 4.78 is 27.7. The van der Waals surface area contributed by atoms with Gasteiger partial charge in [0.15, 0.2) is 0 Å². The van der Waals surface area contributed by atoms with Gasteiger partial charge in [0.05, 0.1) is 0 Å². The highest BCUT2D eigenvalue weighted by Crippen LogP contribution is 2.53. The number of carbonyl (C=O) groups is 1. The van der Waals surface area contributed by atoms with E-state index in [0.29, 0.717) is 29.8 Å². The van der Waals surface area contributed by atoms with E-state index in [1.807, 2.05) is 0 Å². The molecule has 1 aliphatic heterocycles. The van der Waals surface area contributed by atoms with Gasteiger partial charge in [0.25, 0.3) is 5.91 Å². The van der Waals surface area contributed by atoms with Crippen LogP contribution in [0.2, 0.25) is 0 Å². The number of piperidine rings is 1. The molecular weight excluding hydrogens is 380 g/mol. The van der Waals surface area contributed by atoms with Crippen LogP contribution in [0.15, 0.2) is 16.3 Å². The third-order valence-electron chi connectivity index (χ3n) is 7.29. The maximum atomic E-state index is 13.1. The van der Waals surface area contributed by atoms with Crippen molar-refractivity contribution in [3.8, 4) is 0 Å². The fourth-order valence-corrected chi connectivity index (χ4v) is 9.11.